The third-order valence-corrected chi connectivity index (χ3v) is 3.91. The van der Waals surface area contributed by atoms with Gasteiger partial charge in [-0.05, 0) is 18.1 Å². The zero-order chi connectivity index (χ0) is 16.8. The standard InChI is InChI=1S/C18H21N5O/c1-22-14-11-19-18(22)17(15-7-3-2-4-8-15)21-16(24)9-5-12-23-13-6-10-20-23/h2-4,6-8,10-11,13-14,17H,5,9,12H2,1H3,(H,21,24)/t17-/m1/s1. The topological polar surface area (TPSA) is 64.7 Å². The molecule has 0 saturated carbocycles. The van der Waals surface area contributed by atoms with E-state index >= 15 is 0 Å². The number of imidazole rings is 1. The van der Waals surface area contributed by atoms with Crippen molar-refractivity contribution in [1.82, 2.24) is 24.6 Å². The van der Waals surface area contributed by atoms with Crippen LogP contribution in [0.5, 0.6) is 0 Å². The molecule has 24 heavy (non-hydrogen) atoms. The molecule has 1 amide bonds. The molecule has 2 aromatic heterocycles. The van der Waals surface area contributed by atoms with Gasteiger partial charge in [0.1, 0.15) is 11.9 Å². The van der Waals surface area contributed by atoms with Crippen LogP contribution in [-0.4, -0.2) is 25.2 Å². The fourth-order valence-corrected chi connectivity index (χ4v) is 2.67. The van der Waals surface area contributed by atoms with Crippen molar-refractivity contribution in [1.29, 1.82) is 0 Å². The van der Waals surface area contributed by atoms with Gasteiger partial charge in [-0.1, -0.05) is 30.3 Å². The minimum atomic E-state index is -0.247. The number of carbonyl (C=O) groups is 1. The second-order valence-corrected chi connectivity index (χ2v) is 5.68. The zero-order valence-corrected chi connectivity index (χ0v) is 13.7. The summed E-state index contributed by atoms with van der Waals surface area (Å²) in [6.07, 6.45) is 8.47. The van der Waals surface area contributed by atoms with Gasteiger partial charge in [0.2, 0.25) is 5.91 Å². The van der Waals surface area contributed by atoms with E-state index in [1.165, 1.54) is 0 Å². The lowest BCUT2D eigenvalue weighted by Crippen LogP contribution is -2.31. The van der Waals surface area contributed by atoms with Gasteiger partial charge in [0.05, 0.1) is 0 Å². The van der Waals surface area contributed by atoms with Crippen molar-refractivity contribution in [3.8, 4) is 0 Å². The molecule has 0 saturated heterocycles. The molecule has 2 heterocycles. The number of aryl methyl sites for hydroxylation is 2. The minimum absolute atomic E-state index is 0.0130. The van der Waals surface area contributed by atoms with Crippen molar-refractivity contribution in [3.63, 3.8) is 0 Å². The van der Waals surface area contributed by atoms with Crippen LogP contribution >= 0.6 is 0 Å². The molecule has 1 aromatic carbocycles. The maximum absolute atomic E-state index is 12.4. The maximum Gasteiger partial charge on any atom is 0.220 e. The Hall–Kier alpha value is -2.89. The first kappa shape index (κ1) is 16.0. The summed E-state index contributed by atoms with van der Waals surface area (Å²) in [5.41, 5.74) is 1.02. The van der Waals surface area contributed by atoms with E-state index in [4.69, 9.17) is 0 Å². The molecule has 3 aromatic rings. The highest BCUT2D eigenvalue weighted by atomic mass is 16.1. The van der Waals surface area contributed by atoms with Crippen molar-refractivity contribution in [2.24, 2.45) is 7.05 Å². The summed E-state index contributed by atoms with van der Waals surface area (Å²) in [4.78, 5) is 16.8. The van der Waals surface area contributed by atoms with Crippen LogP contribution in [0.1, 0.15) is 30.3 Å². The summed E-state index contributed by atoms with van der Waals surface area (Å²) in [6.45, 7) is 0.735. The first-order chi connectivity index (χ1) is 11.7. The Bertz CT molecular complexity index is 764. The molecule has 0 spiro atoms. The number of nitrogens with zero attached hydrogens (tertiary/aromatic N) is 4. The van der Waals surface area contributed by atoms with E-state index in [-0.39, 0.29) is 11.9 Å². The van der Waals surface area contributed by atoms with Crippen LogP contribution in [0, 0.1) is 0 Å². The highest BCUT2D eigenvalue weighted by Gasteiger charge is 2.20. The van der Waals surface area contributed by atoms with Gasteiger partial charge in [0, 0.05) is 44.8 Å². The molecule has 1 N–H and O–H groups in total. The highest BCUT2D eigenvalue weighted by Crippen LogP contribution is 2.20. The van der Waals surface area contributed by atoms with E-state index in [2.05, 4.69) is 15.4 Å². The van der Waals surface area contributed by atoms with Crippen molar-refractivity contribution >= 4 is 5.91 Å². The second kappa shape index (κ2) is 7.59. The largest absolute Gasteiger partial charge is 0.342 e. The van der Waals surface area contributed by atoms with Crippen LogP contribution < -0.4 is 5.32 Å². The quantitative estimate of drug-likeness (QED) is 0.725. The van der Waals surface area contributed by atoms with Crippen LogP contribution in [-0.2, 0) is 18.4 Å². The van der Waals surface area contributed by atoms with Gasteiger partial charge in [-0.25, -0.2) is 4.98 Å². The van der Waals surface area contributed by atoms with Gasteiger partial charge in [-0.3, -0.25) is 9.48 Å². The summed E-state index contributed by atoms with van der Waals surface area (Å²) in [5, 5.41) is 7.25. The molecule has 0 fully saturated rings. The molecular weight excluding hydrogens is 302 g/mol. The lowest BCUT2D eigenvalue weighted by Gasteiger charge is -2.19. The molecule has 124 valence electrons. The first-order valence-electron chi connectivity index (χ1n) is 8.03. The molecular formula is C18H21N5O. The summed E-state index contributed by atoms with van der Waals surface area (Å²) >= 11 is 0. The number of hydrogen-bond acceptors (Lipinski definition) is 3. The molecule has 0 aliphatic carbocycles. The third kappa shape index (κ3) is 3.90. The monoisotopic (exact) mass is 323 g/mol. The normalized spacial score (nSPS) is 12.0. The van der Waals surface area contributed by atoms with Crippen LogP contribution in [0.15, 0.2) is 61.2 Å². The third-order valence-electron chi connectivity index (χ3n) is 3.91. The Morgan fingerprint density at radius 3 is 2.67 bits per heavy atom. The zero-order valence-electron chi connectivity index (χ0n) is 13.7. The number of rotatable bonds is 7. The number of carbonyl (C=O) groups excluding carboxylic acids is 1. The van der Waals surface area contributed by atoms with Gasteiger partial charge in [0.25, 0.3) is 0 Å². The number of nitrogens with one attached hydrogen (secondary N) is 1. The van der Waals surface area contributed by atoms with Gasteiger partial charge in [0.15, 0.2) is 0 Å². The lowest BCUT2D eigenvalue weighted by atomic mass is 10.1. The lowest BCUT2D eigenvalue weighted by molar-refractivity contribution is -0.121. The molecule has 1 atom stereocenters. The van der Waals surface area contributed by atoms with Gasteiger partial charge < -0.3 is 9.88 Å². The molecule has 0 bridgehead atoms. The average molecular weight is 323 g/mol. The van der Waals surface area contributed by atoms with Crippen LogP contribution in [0.3, 0.4) is 0 Å². The van der Waals surface area contributed by atoms with Crippen molar-refractivity contribution in [3.05, 3.63) is 72.6 Å². The summed E-state index contributed by atoms with van der Waals surface area (Å²) in [7, 11) is 1.93. The van der Waals surface area contributed by atoms with E-state index < -0.39 is 0 Å². The summed E-state index contributed by atoms with van der Waals surface area (Å²) < 4.78 is 3.77. The molecule has 0 radical (unpaired) electrons. The number of amides is 1. The fraction of sp³-hybridized carbons (Fsp3) is 0.278. The Kier molecular flexibility index (Phi) is 5.05. The second-order valence-electron chi connectivity index (χ2n) is 5.68. The smallest absolute Gasteiger partial charge is 0.220 e. The SMILES string of the molecule is Cn1ccnc1[C@H](NC(=O)CCCn1cccn1)c1ccccc1. The Labute approximate surface area is 141 Å². The van der Waals surface area contributed by atoms with Crippen molar-refractivity contribution < 1.29 is 4.79 Å². The predicted octanol–water partition coefficient (Wildman–Crippen LogP) is 2.30. The Morgan fingerprint density at radius 1 is 1.17 bits per heavy atom. The minimum Gasteiger partial charge on any atom is -0.342 e. The molecule has 0 aliphatic rings. The van der Waals surface area contributed by atoms with Gasteiger partial charge >= 0.3 is 0 Å². The molecule has 3 rings (SSSR count). The summed E-state index contributed by atoms with van der Waals surface area (Å²) in [6, 6.07) is 11.5. The maximum atomic E-state index is 12.4. The van der Waals surface area contributed by atoms with Gasteiger partial charge in [-0.15, -0.1) is 0 Å². The molecule has 6 nitrogen and oxygen atoms in total. The van der Waals surface area contributed by atoms with E-state index in [0.717, 1.165) is 24.4 Å². The Morgan fingerprint density at radius 2 is 2.00 bits per heavy atom. The van der Waals surface area contributed by atoms with Gasteiger partial charge in [-0.2, -0.15) is 5.10 Å². The number of benzene rings is 1. The molecule has 6 heteroatoms. The molecule has 0 unspecified atom stereocenters. The van der Waals surface area contributed by atoms with E-state index in [0.29, 0.717) is 6.42 Å². The van der Waals surface area contributed by atoms with Crippen LogP contribution in [0.2, 0.25) is 0 Å². The van der Waals surface area contributed by atoms with Crippen LogP contribution in [0.25, 0.3) is 0 Å². The van der Waals surface area contributed by atoms with E-state index in [1.54, 1.807) is 12.4 Å². The van der Waals surface area contributed by atoms with Crippen molar-refractivity contribution in [2.45, 2.75) is 25.4 Å². The first-order valence-corrected chi connectivity index (χ1v) is 8.03. The predicted molar refractivity (Wildman–Crippen MR) is 91.1 cm³/mol. The summed E-state index contributed by atoms with van der Waals surface area (Å²) in [5.74, 6) is 0.834. The highest BCUT2D eigenvalue weighted by molar-refractivity contribution is 5.76. The Balaban J connectivity index is 1.65. The number of aromatic nitrogens is 4. The van der Waals surface area contributed by atoms with Crippen molar-refractivity contribution in [2.75, 3.05) is 0 Å². The van der Waals surface area contributed by atoms with Crippen LogP contribution in [0.4, 0.5) is 0 Å². The average Bonchev–Trinajstić information content (AvgIpc) is 3.25. The fourth-order valence-electron chi connectivity index (χ4n) is 2.67. The molecule has 0 aliphatic heterocycles. The van der Waals surface area contributed by atoms with E-state index in [1.807, 2.05) is 65.1 Å². The number of hydrogen-bond donors (Lipinski definition) is 1. The van der Waals surface area contributed by atoms with E-state index in [9.17, 15) is 4.79 Å².